The van der Waals surface area contributed by atoms with E-state index in [2.05, 4.69) is 30.7 Å². The summed E-state index contributed by atoms with van der Waals surface area (Å²) in [7, 11) is -13.7. The maximum atomic E-state index is 11.9. The fourth-order valence-electron chi connectivity index (χ4n) is 5.01. The Morgan fingerprint density at radius 3 is 1.20 bits per heavy atom. The third kappa shape index (κ3) is 10.5. The van der Waals surface area contributed by atoms with E-state index in [1.807, 2.05) is 0 Å². The fourth-order valence-corrected chi connectivity index (χ4v) is 6.88. The second-order valence-corrected chi connectivity index (χ2v) is 14.9. The Morgan fingerprint density at radius 1 is 0.400 bits per heavy atom. The van der Waals surface area contributed by atoms with Crippen LogP contribution in [0.1, 0.15) is 0 Å². The molecule has 0 bridgehead atoms. The van der Waals surface area contributed by atoms with Gasteiger partial charge in [0.15, 0.2) is 17.2 Å². The molecular formula is C32H22N6Na3O11S3. The Kier molecular flexibility index (Phi) is 15.6. The maximum Gasteiger partial charge on any atom is 0.295 e. The Labute approximate surface area is 379 Å². The number of fused-ring (bicyclic) bond motifs is 2. The van der Waals surface area contributed by atoms with Crippen molar-refractivity contribution in [2.75, 3.05) is 0 Å². The van der Waals surface area contributed by atoms with Crippen LogP contribution in [0.15, 0.2) is 149 Å². The quantitative estimate of drug-likeness (QED) is 0.0549. The van der Waals surface area contributed by atoms with Crippen LogP contribution in [0.5, 0.6) is 11.5 Å². The molecule has 23 heteroatoms. The van der Waals surface area contributed by atoms with Crippen molar-refractivity contribution in [3.63, 3.8) is 0 Å². The first-order valence-corrected chi connectivity index (χ1v) is 18.7. The first-order valence-electron chi connectivity index (χ1n) is 14.4. The average Bonchev–Trinajstić information content (AvgIpc) is 3.09. The molecule has 0 aliphatic carbocycles. The van der Waals surface area contributed by atoms with Gasteiger partial charge in [0, 0.05) is 116 Å². The molecule has 17 nitrogen and oxygen atoms in total. The van der Waals surface area contributed by atoms with E-state index in [4.69, 9.17) is 0 Å². The van der Waals surface area contributed by atoms with Gasteiger partial charge >= 0.3 is 0 Å². The van der Waals surface area contributed by atoms with Crippen molar-refractivity contribution in [3.05, 3.63) is 103 Å². The standard InChI is InChI=1S/C32H22N6O11S3.3Na/c39-31-26(36-33-18-9-11-19(12-10-18)50(41,42)43)17-27(37-34-24-13-15-28(51(44,45)46)22-7-3-1-5-20(22)24)32(40)30(31)38-35-25-14-16-29(52(47,48)49)23-8-4-2-6-21(23)25;;;/h1-17,39-40H,(H,41,42,43)(H,44,45,46)(H,47,48,49);;;. The number of azo groups is 3. The van der Waals surface area contributed by atoms with E-state index in [1.54, 1.807) is 18.2 Å². The van der Waals surface area contributed by atoms with Gasteiger partial charge in [0.1, 0.15) is 21.2 Å². The molecule has 6 aromatic carbocycles. The number of aromatic hydroxyl groups is 2. The monoisotopic (exact) mass is 831 g/mol. The summed E-state index contributed by atoms with van der Waals surface area (Å²) in [5, 5.41) is 47.4. The van der Waals surface area contributed by atoms with E-state index in [-0.39, 0.29) is 148 Å². The third-order valence-electron chi connectivity index (χ3n) is 7.42. The van der Waals surface area contributed by atoms with Crippen molar-refractivity contribution in [3.8, 4) is 11.5 Å². The number of hydrogen-bond donors (Lipinski definition) is 5. The van der Waals surface area contributed by atoms with E-state index < -0.39 is 52.4 Å². The molecule has 0 unspecified atom stereocenters. The topological polar surface area (TPSA) is 278 Å². The number of rotatable bonds is 9. The van der Waals surface area contributed by atoms with E-state index in [0.717, 1.165) is 30.3 Å². The number of nitrogens with zero attached hydrogens (tertiary/aromatic N) is 6. The van der Waals surface area contributed by atoms with Gasteiger partial charge in [0.05, 0.1) is 22.0 Å². The molecule has 0 aliphatic heterocycles. The van der Waals surface area contributed by atoms with E-state index >= 15 is 0 Å². The van der Waals surface area contributed by atoms with Crippen LogP contribution in [0.25, 0.3) is 21.5 Å². The van der Waals surface area contributed by atoms with E-state index in [1.165, 1.54) is 54.6 Å². The molecular weight excluding hydrogens is 810 g/mol. The zero-order chi connectivity index (χ0) is 37.4. The Bertz CT molecular complexity index is 2860. The van der Waals surface area contributed by atoms with Gasteiger partial charge < -0.3 is 10.2 Å². The zero-order valence-electron chi connectivity index (χ0n) is 28.9. The summed E-state index contributed by atoms with van der Waals surface area (Å²) < 4.78 is 99.2. The van der Waals surface area contributed by atoms with Crippen LogP contribution in [0.4, 0.5) is 34.1 Å². The van der Waals surface area contributed by atoms with Crippen LogP contribution in [-0.4, -0.2) is 138 Å². The average molecular weight is 832 g/mol. The predicted octanol–water partition coefficient (Wildman–Crippen LogP) is 7.25. The van der Waals surface area contributed by atoms with Gasteiger partial charge in [-0.15, -0.1) is 25.6 Å². The molecule has 6 rings (SSSR count). The number of phenolic OH excluding ortho intramolecular Hbond substituents is 2. The van der Waals surface area contributed by atoms with E-state index in [9.17, 15) is 49.1 Å². The van der Waals surface area contributed by atoms with E-state index in [0.29, 0.717) is 0 Å². The first-order chi connectivity index (χ1) is 24.5. The summed E-state index contributed by atoms with van der Waals surface area (Å²) in [4.78, 5) is -1.17. The normalized spacial score (nSPS) is 12.2. The van der Waals surface area contributed by atoms with Gasteiger partial charge in [-0.05, 0) is 48.5 Å². The molecule has 55 heavy (non-hydrogen) atoms. The zero-order valence-corrected chi connectivity index (χ0v) is 37.4. The molecule has 0 aromatic heterocycles. The first kappa shape index (κ1) is 46.4. The molecule has 0 spiro atoms. The minimum atomic E-state index is -4.61. The summed E-state index contributed by atoms with van der Waals surface area (Å²) in [6.45, 7) is 0. The predicted molar refractivity (Wildman–Crippen MR) is 203 cm³/mol. The summed E-state index contributed by atoms with van der Waals surface area (Å²) in [5.41, 5.74) is -0.981. The Hall–Kier alpha value is -3.03. The number of hydrogen-bond acceptors (Lipinski definition) is 14. The van der Waals surface area contributed by atoms with Gasteiger partial charge in [-0.1, -0.05) is 48.5 Å². The van der Waals surface area contributed by atoms with Crippen LogP contribution < -0.4 is 0 Å². The summed E-state index contributed by atoms with van der Waals surface area (Å²) >= 11 is 0. The molecule has 0 aliphatic rings. The van der Waals surface area contributed by atoms with Gasteiger partial charge in [-0.2, -0.15) is 30.4 Å². The number of benzene rings is 6. The van der Waals surface area contributed by atoms with Crippen molar-refractivity contribution in [2.45, 2.75) is 14.7 Å². The summed E-state index contributed by atoms with van der Waals surface area (Å²) in [5.74, 6) is -1.50. The third-order valence-corrected chi connectivity index (χ3v) is 10.1. The van der Waals surface area contributed by atoms with Crippen molar-refractivity contribution < 1.29 is 49.1 Å². The van der Waals surface area contributed by atoms with Gasteiger partial charge in [-0.25, -0.2) is 0 Å². The van der Waals surface area contributed by atoms with Crippen molar-refractivity contribution in [1.82, 2.24) is 0 Å². The molecule has 0 amide bonds. The Balaban J connectivity index is 0.00000271. The van der Waals surface area contributed by atoms with Gasteiger partial charge in [0.25, 0.3) is 30.4 Å². The van der Waals surface area contributed by atoms with Crippen molar-refractivity contribution >= 4 is 175 Å². The molecule has 0 saturated heterocycles. The second-order valence-electron chi connectivity index (χ2n) is 10.7. The van der Waals surface area contributed by atoms with Crippen molar-refractivity contribution in [1.29, 1.82) is 0 Å². The van der Waals surface area contributed by atoms with Gasteiger partial charge in [0.2, 0.25) is 0 Å². The molecule has 0 atom stereocenters. The van der Waals surface area contributed by atoms with Gasteiger partial charge in [-0.3, -0.25) is 13.7 Å². The molecule has 6 aromatic rings. The van der Waals surface area contributed by atoms with Crippen LogP contribution in [-0.2, 0) is 30.4 Å². The summed E-state index contributed by atoms with van der Waals surface area (Å²) in [6.07, 6.45) is 0. The smallest absolute Gasteiger partial charge is 0.295 e. The van der Waals surface area contributed by atoms with Crippen LogP contribution in [0, 0.1) is 0 Å². The van der Waals surface area contributed by atoms with Crippen LogP contribution in [0.2, 0.25) is 0 Å². The number of phenols is 2. The summed E-state index contributed by atoms with van der Waals surface area (Å²) in [6, 6.07) is 22.5. The van der Waals surface area contributed by atoms with Crippen LogP contribution in [0.3, 0.4) is 0 Å². The van der Waals surface area contributed by atoms with Crippen LogP contribution >= 0.6 is 0 Å². The molecule has 5 N–H and O–H groups in total. The molecule has 267 valence electrons. The molecule has 3 radical (unpaired) electrons. The largest absolute Gasteiger partial charge is 0.504 e. The molecule has 0 fully saturated rings. The SMILES string of the molecule is O=S(=O)(O)c1ccc(N=Nc2cc(N=Nc3ccc(S(=O)(=O)O)c4ccccc34)c(O)c(N=Nc3ccc(S(=O)(=O)O)c4ccccc34)c2O)cc1.[Na].[Na].[Na]. The second kappa shape index (κ2) is 18.5. The molecule has 0 heterocycles. The Morgan fingerprint density at radius 2 is 0.782 bits per heavy atom. The minimum Gasteiger partial charge on any atom is -0.504 e. The molecule has 0 saturated carbocycles. The fraction of sp³-hybridized carbons (Fsp3) is 0. The minimum absolute atomic E-state index is 0. The maximum absolute atomic E-state index is 11.9. The van der Waals surface area contributed by atoms with Crippen molar-refractivity contribution in [2.24, 2.45) is 30.7 Å².